The standard InChI is InChI=1S/C13H21N5O/c1-8-6-17-5-3-4-10(17)7-18(8)13(19)12-11(14)9(2)15-16-12/h8,10H,3-7,14H2,1-2H3,(H,15,16). The number of carbonyl (C=O) groups is 1. The highest BCUT2D eigenvalue weighted by molar-refractivity contribution is 5.97. The number of H-pyrrole nitrogens is 1. The second-order valence-corrected chi connectivity index (χ2v) is 5.71. The van der Waals surface area contributed by atoms with Gasteiger partial charge >= 0.3 is 0 Å². The molecule has 0 radical (unpaired) electrons. The number of nitrogens with two attached hydrogens (primary N) is 1. The number of amides is 1. The third-order valence-corrected chi connectivity index (χ3v) is 4.40. The highest BCUT2D eigenvalue weighted by atomic mass is 16.2. The van der Waals surface area contributed by atoms with E-state index in [1.54, 1.807) is 0 Å². The minimum absolute atomic E-state index is 0.0408. The number of aryl methyl sites for hydroxylation is 1. The fourth-order valence-corrected chi connectivity index (χ4v) is 3.21. The molecule has 2 unspecified atom stereocenters. The molecule has 1 aromatic rings. The Balaban J connectivity index is 1.81. The summed E-state index contributed by atoms with van der Waals surface area (Å²) in [5, 5.41) is 6.84. The van der Waals surface area contributed by atoms with Crippen LogP contribution in [0.2, 0.25) is 0 Å². The monoisotopic (exact) mass is 263 g/mol. The maximum absolute atomic E-state index is 12.6. The number of carbonyl (C=O) groups excluding carboxylic acids is 1. The van der Waals surface area contributed by atoms with Gasteiger partial charge in [-0.3, -0.25) is 14.8 Å². The Hall–Kier alpha value is -1.56. The van der Waals surface area contributed by atoms with Gasteiger partial charge < -0.3 is 10.6 Å². The number of piperazine rings is 1. The molecule has 104 valence electrons. The lowest BCUT2D eigenvalue weighted by Crippen LogP contribution is -2.56. The van der Waals surface area contributed by atoms with Gasteiger partial charge in [-0.15, -0.1) is 0 Å². The molecule has 2 fully saturated rings. The van der Waals surface area contributed by atoms with E-state index in [-0.39, 0.29) is 11.9 Å². The van der Waals surface area contributed by atoms with Gasteiger partial charge in [0.25, 0.3) is 5.91 Å². The first-order valence-corrected chi connectivity index (χ1v) is 6.93. The average molecular weight is 263 g/mol. The van der Waals surface area contributed by atoms with Gasteiger partial charge in [0.15, 0.2) is 5.69 Å². The zero-order chi connectivity index (χ0) is 13.6. The minimum Gasteiger partial charge on any atom is -0.395 e. The van der Waals surface area contributed by atoms with Crippen LogP contribution < -0.4 is 5.73 Å². The lowest BCUT2D eigenvalue weighted by atomic mass is 10.1. The smallest absolute Gasteiger partial charge is 0.276 e. The van der Waals surface area contributed by atoms with Crippen LogP contribution in [0.15, 0.2) is 0 Å². The summed E-state index contributed by atoms with van der Waals surface area (Å²) >= 11 is 0. The number of aromatic amines is 1. The third kappa shape index (κ3) is 2.00. The summed E-state index contributed by atoms with van der Waals surface area (Å²) in [6.07, 6.45) is 2.43. The predicted octanol–water partition coefficient (Wildman–Crippen LogP) is 0.609. The molecule has 19 heavy (non-hydrogen) atoms. The lowest BCUT2D eigenvalue weighted by molar-refractivity contribution is 0.0391. The van der Waals surface area contributed by atoms with Crippen LogP contribution in [0.25, 0.3) is 0 Å². The van der Waals surface area contributed by atoms with Crippen LogP contribution in [0.1, 0.15) is 35.9 Å². The van der Waals surface area contributed by atoms with Crippen molar-refractivity contribution in [3.63, 3.8) is 0 Å². The first-order chi connectivity index (χ1) is 9.08. The van der Waals surface area contributed by atoms with E-state index in [2.05, 4.69) is 22.0 Å². The van der Waals surface area contributed by atoms with Crippen LogP contribution in [0.3, 0.4) is 0 Å². The number of hydrogen-bond acceptors (Lipinski definition) is 4. The zero-order valence-corrected chi connectivity index (χ0v) is 11.5. The largest absolute Gasteiger partial charge is 0.395 e. The van der Waals surface area contributed by atoms with Gasteiger partial charge in [0.05, 0.1) is 11.4 Å². The molecule has 6 nitrogen and oxygen atoms in total. The molecule has 0 aliphatic carbocycles. The maximum Gasteiger partial charge on any atom is 0.276 e. The molecule has 6 heteroatoms. The van der Waals surface area contributed by atoms with Crippen molar-refractivity contribution in [1.29, 1.82) is 0 Å². The molecular weight excluding hydrogens is 242 g/mol. The highest BCUT2D eigenvalue weighted by Gasteiger charge is 2.37. The van der Waals surface area contributed by atoms with Crippen molar-refractivity contribution in [2.45, 2.75) is 38.8 Å². The van der Waals surface area contributed by atoms with Gasteiger partial charge in [-0.1, -0.05) is 0 Å². The summed E-state index contributed by atoms with van der Waals surface area (Å²) in [7, 11) is 0. The second kappa shape index (κ2) is 4.52. The number of rotatable bonds is 1. The first kappa shape index (κ1) is 12.5. The predicted molar refractivity (Wildman–Crippen MR) is 72.8 cm³/mol. The zero-order valence-electron chi connectivity index (χ0n) is 11.5. The quantitative estimate of drug-likeness (QED) is 0.778. The number of anilines is 1. The van der Waals surface area contributed by atoms with E-state index in [9.17, 15) is 4.79 Å². The molecule has 0 spiro atoms. The molecule has 0 bridgehead atoms. The number of aromatic nitrogens is 2. The molecule has 0 saturated carbocycles. The van der Waals surface area contributed by atoms with Crippen LogP contribution in [0.4, 0.5) is 5.69 Å². The van der Waals surface area contributed by atoms with Crippen molar-refractivity contribution >= 4 is 11.6 Å². The van der Waals surface area contributed by atoms with Gasteiger partial charge in [-0.2, -0.15) is 5.10 Å². The second-order valence-electron chi connectivity index (χ2n) is 5.71. The van der Waals surface area contributed by atoms with Gasteiger partial charge in [0.1, 0.15) is 0 Å². The number of nitrogens with zero attached hydrogens (tertiary/aromatic N) is 3. The number of hydrogen-bond donors (Lipinski definition) is 2. The number of nitrogens with one attached hydrogen (secondary N) is 1. The van der Waals surface area contributed by atoms with E-state index in [1.165, 1.54) is 19.4 Å². The summed E-state index contributed by atoms with van der Waals surface area (Å²) in [6, 6.07) is 0.736. The van der Waals surface area contributed by atoms with Gasteiger partial charge in [0.2, 0.25) is 0 Å². The van der Waals surface area contributed by atoms with E-state index in [4.69, 9.17) is 5.73 Å². The molecule has 3 N–H and O–H groups in total. The van der Waals surface area contributed by atoms with Crippen molar-refractivity contribution in [3.05, 3.63) is 11.4 Å². The lowest BCUT2D eigenvalue weighted by Gasteiger charge is -2.42. The summed E-state index contributed by atoms with van der Waals surface area (Å²) in [5.74, 6) is -0.0408. The summed E-state index contributed by atoms with van der Waals surface area (Å²) < 4.78 is 0. The molecule has 2 saturated heterocycles. The van der Waals surface area contributed by atoms with Crippen molar-refractivity contribution in [2.24, 2.45) is 0 Å². The molecule has 1 aromatic heterocycles. The maximum atomic E-state index is 12.6. The normalized spacial score (nSPS) is 27.6. The Morgan fingerprint density at radius 1 is 1.47 bits per heavy atom. The van der Waals surface area contributed by atoms with Crippen LogP contribution in [0.5, 0.6) is 0 Å². The molecular formula is C13H21N5O. The Morgan fingerprint density at radius 3 is 2.95 bits per heavy atom. The average Bonchev–Trinajstić information content (AvgIpc) is 2.95. The third-order valence-electron chi connectivity index (χ3n) is 4.40. The van der Waals surface area contributed by atoms with Gasteiger partial charge in [-0.05, 0) is 33.2 Å². The van der Waals surface area contributed by atoms with Crippen molar-refractivity contribution in [3.8, 4) is 0 Å². The van der Waals surface area contributed by atoms with Gasteiger partial charge in [-0.25, -0.2) is 0 Å². The highest BCUT2D eigenvalue weighted by Crippen LogP contribution is 2.26. The molecule has 3 rings (SSSR count). The van der Waals surface area contributed by atoms with E-state index in [0.717, 1.165) is 18.8 Å². The minimum atomic E-state index is -0.0408. The van der Waals surface area contributed by atoms with Crippen molar-refractivity contribution < 1.29 is 4.79 Å². The summed E-state index contributed by atoms with van der Waals surface area (Å²) in [4.78, 5) is 17.0. The summed E-state index contributed by atoms with van der Waals surface area (Å²) in [5.41, 5.74) is 7.52. The Morgan fingerprint density at radius 2 is 2.26 bits per heavy atom. The van der Waals surface area contributed by atoms with E-state index < -0.39 is 0 Å². The SMILES string of the molecule is Cc1[nH]nc(C(=O)N2CC3CCCN3CC2C)c1N. The van der Waals surface area contributed by atoms with E-state index in [1.807, 2.05) is 11.8 Å². The molecule has 3 heterocycles. The molecule has 2 atom stereocenters. The van der Waals surface area contributed by atoms with Crippen LogP contribution >= 0.6 is 0 Å². The van der Waals surface area contributed by atoms with Crippen LogP contribution in [-0.4, -0.2) is 57.6 Å². The Labute approximate surface area is 112 Å². The summed E-state index contributed by atoms with van der Waals surface area (Å²) in [6.45, 7) is 6.85. The number of nitrogen functional groups attached to an aromatic ring is 1. The van der Waals surface area contributed by atoms with Gasteiger partial charge in [0, 0.05) is 25.2 Å². The molecule has 1 amide bonds. The van der Waals surface area contributed by atoms with E-state index >= 15 is 0 Å². The Bertz CT molecular complexity index is 497. The molecule has 2 aliphatic rings. The van der Waals surface area contributed by atoms with E-state index in [0.29, 0.717) is 17.4 Å². The Kier molecular flexibility index (Phi) is 2.97. The van der Waals surface area contributed by atoms with Crippen molar-refractivity contribution in [2.75, 3.05) is 25.4 Å². The van der Waals surface area contributed by atoms with Crippen LogP contribution in [-0.2, 0) is 0 Å². The fraction of sp³-hybridized carbons (Fsp3) is 0.692. The molecule has 2 aliphatic heterocycles. The topological polar surface area (TPSA) is 78.2 Å². The van der Waals surface area contributed by atoms with Crippen molar-refractivity contribution in [1.82, 2.24) is 20.0 Å². The fourth-order valence-electron chi connectivity index (χ4n) is 3.21. The molecule has 0 aromatic carbocycles. The van der Waals surface area contributed by atoms with Crippen LogP contribution in [0, 0.1) is 6.92 Å². The number of fused-ring (bicyclic) bond motifs is 1. The first-order valence-electron chi connectivity index (χ1n) is 6.93.